The Hall–Kier alpha value is -0.520. The molecule has 0 aromatic carbocycles. The van der Waals surface area contributed by atoms with Crippen LogP contribution in [0.15, 0.2) is 24.3 Å². The summed E-state index contributed by atoms with van der Waals surface area (Å²) in [5, 5.41) is 0. The quantitative estimate of drug-likeness (QED) is 0.542. The monoisotopic (exact) mass is 222 g/mol. The van der Waals surface area contributed by atoms with Crippen LogP contribution in [0.2, 0.25) is 0 Å². The van der Waals surface area contributed by atoms with Crippen LogP contribution in [0.4, 0.5) is 0 Å². The largest absolute Gasteiger partial charge is 0.0998 e. The van der Waals surface area contributed by atoms with E-state index in [0.29, 0.717) is 11.3 Å². The van der Waals surface area contributed by atoms with E-state index in [9.17, 15) is 0 Å². The van der Waals surface area contributed by atoms with Gasteiger partial charge in [0.25, 0.3) is 0 Å². The highest BCUT2D eigenvalue weighted by Crippen LogP contribution is 2.36. The third kappa shape index (κ3) is 6.15. The van der Waals surface area contributed by atoms with Crippen molar-refractivity contribution in [3.63, 3.8) is 0 Å². The van der Waals surface area contributed by atoms with Crippen LogP contribution in [0.5, 0.6) is 0 Å². The lowest BCUT2D eigenvalue weighted by atomic mass is 9.75. The number of allylic oxidation sites excluding steroid dienone is 2. The summed E-state index contributed by atoms with van der Waals surface area (Å²) in [5.41, 5.74) is 3.21. The minimum atomic E-state index is 0.214. The van der Waals surface area contributed by atoms with Gasteiger partial charge in [-0.3, -0.25) is 0 Å². The molecule has 0 rings (SSSR count). The average molecular weight is 222 g/mol. The predicted octanol–water partition coefficient (Wildman–Crippen LogP) is 5.61. The molecule has 0 amide bonds. The molecule has 0 aromatic rings. The molecule has 0 spiro atoms. The van der Waals surface area contributed by atoms with Gasteiger partial charge in [-0.1, -0.05) is 65.8 Å². The zero-order valence-electron chi connectivity index (χ0n) is 12.4. The van der Waals surface area contributed by atoms with Crippen molar-refractivity contribution >= 4 is 0 Å². The molecule has 0 bridgehead atoms. The van der Waals surface area contributed by atoms with Crippen LogP contribution >= 0.6 is 0 Å². The maximum Gasteiger partial charge on any atom is -0.0166 e. The van der Waals surface area contributed by atoms with Gasteiger partial charge >= 0.3 is 0 Å². The normalized spacial score (nSPS) is 14.7. The Morgan fingerprint density at radius 1 is 1.00 bits per heavy atom. The molecule has 0 N–H and O–H groups in total. The second-order valence-corrected chi connectivity index (χ2v) is 7.37. The molecule has 0 aliphatic carbocycles. The molecule has 1 unspecified atom stereocenters. The van der Waals surface area contributed by atoms with Gasteiger partial charge in [-0.25, -0.2) is 0 Å². The van der Waals surface area contributed by atoms with Crippen molar-refractivity contribution in [1.82, 2.24) is 0 Å². The molecular weight excluding hydrogens is 192 g/mol. The summed E-state index contributed by atoms with van der Waals surface area (Å²) in [6, 6.07) is 0. The molecule has 0 heteroatoms. The van der Waals surface area contributed by atoms with E-state index in [0.717, 1.165) is 6.42 Å². The molecule has 0 saturated heterocycles. The van der Waals surface area contributed by atoms with Crippen molar-refractivity contribution in [2.45, 2.75) is 61.3 Å². The van der Waals surface area contributed by atoms with Crippen molar-refractivity contribution in [3.8, 4) is 0 Å². The fourth-order valence-corrected chi connectivity index (χ4v) is 1.76. The highest BCUT2D eigenvalue weighted by atomic mass is 14.3. The predicted molar refractivity (Wildman–Crippen MR) is 75.6 cm³/mol. The third-order valence-electron chi connectivity index (χ3n) is 3.11. The van der Waals surface area contributed by atoms with Gasteiger partial charge in [0.1, 0.15) is 0 Å². The molecule has 0 nitrogen and oxygen atoms in total. The van der Waals surface area contributed by atoms with E-state index < -0.39 is 0 Å². The molecule has 0 saturated carbocycles. The summed E-state index contributed by atoms with van der Waals surface area (Å²) in [6.45, 7) is 24.1. The van der Waals surface area contributed by atoms with Crippen LogP contribution in [0.1, 0.15) is 61.3 Å². The molecule has 0 aromatic heterocycles. The Bertz CT molecular complexity index is 255. The first-order chi connectivity index (χ1) is 6.93. The van der Waals surface area contributed by atoms with E-state index in [1.54, 1.807) is 0 Å². The molecule has 16 heavy (non-hydrogen) atoms. The van der Waals surface area contributed by atoms with E-state index in [4.69, 9.17) is 0 Å². The van der Waals surface area contributed by atoms with Crippen LogP contribution in [-0.4, -0.2) is 0 Å². The van der Waals surface area contributed by atoms with Crippen molar-refractivity contribution in [1.29, 1.82) is 0 Å². The van der Waals surface area contributed by atoms with Gasteiger partial charge in [0.05, 0.1) is 0 Å². The number of hydrogen-bond acceptors (Lipinski definition) is 0. The summed E-state index contributed by atoms with van der Waals surface area (Å²) in [7, 11) is 0. The second kappa shape index (κ2) is 5.21. The van der Waals surface area contributed by atoms with Gasteiger partial charge in [-0.2, -0.15) is 0 Å². The second-order valence-electron chi connectivity index (χ2n) is 7.37. The van der Waals surface area contributed by atoms with Gasteiger partial charge in [-0.05, 0) is 36.5 Å². The van der Waals surface area contributed by atoms with Crippen molar-refractivity contribution in [3.05, 3.63) is 24.3 Å². The van der Waals surface area contributed by atoms with Crippen molar-refractivity contribution < 1.29 is 0 Å². The number of hydrogen-bond donors (Lipinski definition) is 0. The highest BCUT2D eigenvalue weighted by Gasteiger charge is 2.23. The first kappa shape index (κ1) is 15.5. The first-order valence-electron chi connectivity index (χ1n) is 6.27. The smallest absolute Gasteiger partial charge is 0.0166 e. The lowest BCUT2D eigenvalue weighted by Gasteiger charge is -2.30. The van der Waals surface area contributed by atoms with Crippen molar-refractivity contribution in [2.75, 3.05) is 0 Å². The van der Waals surface area contributed by atoms with Crippen LogP contribution in [0.3, 0.4) is 0 Å². The Morgan fingerprint density at radius 2 is 1.44 bits per heavy atom. The van der Waals surface area contributed by atoms with E-state index in [1.807, 2.05) is 0 Å². The van der Waals surface area contributed by atoms with E-state index in [-0.39, 0.29) is 5.41 Å². The summed E-state index contributed by atoms with van der Waals surface area (Å²) in [4.78, 5) is 0. The molecular formula is C16H30. The molecule has 1 atom stereocenters. The SMILES string of the molecule is C=C(C)C(CC(=C)C(C)(C)C)CC(C)(C)C. The number of rotatable bonds is 4. The zero-order valence-corrected chi connectivity index (χ0v) is 12.4. The summed E-state index contributed by atoms with van der Waals surface area (Å²) < 4.78 is 0. The fourth-order valence-electron chi connectivity index (χ4n) is 1.76. The Morgan fingerprint density at radius 3 is 1.69 bits per heavy atom. The van der Waals surface area contributed by atoms with Gasteiger partial charge < -0.3 is 0 Å². The van der Waals surface area contributed by atoms with E-state index >= 15 is 0 Å². The summed E-state index contributed by atoms with van der Waals surface area (Å²) in [5.74, 6) is 0.576. The Labute approximate surface area is 103 Å². The first-order valence-corrected chi connectivity index (χ1v) is 6.27. The summed E-state index contributed by atoms with van der Waals surface area (Å²) >= 11 is 0. The van der Waals surface area contributed by atoms with Crippen LogP contribution in [-0.2, 0) is 0 Å². The molecule has 0 aliphatic heterocycles. The van der Waals surface area contributed by atoms with Gasteiger partial charge in [-0.15, -0.1) is 0 Å². The molecule has 94 valence electrons. The van der Waals surface area contributed by atoms with Gasteiger partial charge in [0, 0.05) is 0 Å². The lowest BCUT2D eigenvalue weighted by Crippen LogP contribution is -2.18. The lowest BCUT2D eigenvalue weighted by molar-refractivity contribution is 0.306. The third-order valence-corrected chi connectivity index (χ3v) is 3.11. The van der Waals surface area contributed by atoms with E-state index in [1.165, 1.54) is 17.6 Å². The fraction of sp³-hybridized carbons (Fsp3) is 0.750. The molecule has 0 radical (unpaired) electrons. The highest BCUT2D eigenvalue weighted by molar-refractivity contribution is 5.11. The molecule has 0 heterocycles. The Kier molecular flexibility index (Phi) is 5.04. The topological polar surface area (TPSA) is 0 Å². The van der Waals surface area contributed by atoms with Gasteiger partial charge in [0.2, 0.25) is 0 Å². The molecule has 0 aliphatic rings. The summed E-state index contributed by atoms with van der Waals surface area (Å²) in [6.07, 6.45) is 2.27. The van der Waals surface area contributed by atoms with Crippen LogP contribution in [0.25, 0.3) is 0 Å². The maximum atomic E-state index is 4.24. The minimum absolute atomic E-state index is 0.214. The van der Waals surface area contributed by atoms with Crippen LogP contribution < -0.4 is 0 Å². The minimum Gasteiger partial charge on any atom is -0.0998 e. The van der Waals surface area contributed by atoms with Crippen molar-refractivity contribution in [2.24, 2.45) is 16.7 Å². The Balaban J connectivity index is 4.60. The van der Waals surface area contributed by atoms with E-state index in [2.05, 4.69) is 61.6 Å². The average Bonchev–Trinajstić information content (AvgIpc) is 1.98. The molecule has 0 fully saturated rings. The zero-order chi connectivity index (χ0) is 13.1. The van der Waals surface area contributed by atoms with Crippen LogP contribution in [0, 0.1) is 16.7 Å². The van der Waals surface area contributed by atoms with Gasteiger partial charge in [0.15, 0.2) is 0 Å². The standard InChI is InChI=1S/C16H30/c1-12(2)14(11-15(4,5)6)10-13(3)16(7,8)9/h14H,1,3,10-11H2,2,4-9H3. The maximum absolute atomic E-state index is 4.24.